The van der Waals surface area contributed by atoms with Crippen molar-refractivity contribution in [3.05, 3.63) is 34.9 Å². The molecule has 0 spiro atoms. The van der Waals surface area contributed by atoms with Gasteiger partial charge < -0.3 is 4.74 Å². The van der Waals surface area contributed by atoms with E-state index in [0.717, 1.165) is 21.9 Å². The summed E-state index contributed by atoms with van der Waals surface area (Å²) >= 11 is 0. The highest BCUT2D eigenvalue weighted by atomic mass is 16.5. The molecule has 2 aliphatic rings. The molecule has 15 heavy (non-hydrogen) atoms. The first-order chi connectivity index (χ1) is 7.45. The van der Waals surface area contributed by atoms with Gasteiger partial charge in [-0.2, -0.15) is 0 Å². The maximum absolute atomic E-state index is 5.48. The molecular weight excluding hydrogens is 188 g/mol. The Morgan fingerprint density at radius 3 is 3.07 bits per heavy atom. The van der Waals surface area contributed by atoms with Crippen molar-refractivity contribution in [1.29, 1.82) is 0 Å². The molecule has 0 fully saturated rings. The molecule has 0 bridgehead atoms. The Bertz CT molecular complexity index is 609. The molecule has 0 aromatic heterocycles. The number of rotatable bonds is 0. The molecule has 1 aromatic carbocycles. The zero-order valence-corrected chi connectivity index (χ0v) is 7.92. The lowest BCUT2D eigenvalue weighted by Crippen LogP contribution is -2.25. The molecule has 3 heteroatoms. The number of hydrogen-bond donors (Lipinski definition) is 0. The Morgan fingerprint density at radius 1 is 1.07 bits per heavy atom. The molecule has 72 valence electrons. The largest absolute Gasteiger partial charge is 0.464 e. The second-order valence-corrected chi connectivity index (χ2v) is 3.23. The number of fused-ring (bicyclic) bond motifs is 3. The second-order valence-electron chi connectivity index (χ2n) is 3.23. The lowest BCUT2D eigenvalue weighted by molar-refractivity contribution is 0.477. The van der Waals surface area contributed by atoms with E-state index in [9.17, 15) is 0 Å². The third-order valence-corrected chi connectivity index (χ3v) is 2.33. The molecule has 0 unspecified atom stereocenters. The summed E-state index contributed by atoms with van der Waals surface area (Å²) in [5.74, 6) is 0.809. The van der Waals surface area contributed by atoms with Gasteiger partial charge in [0.2, 0.25) is 0 Å². The van der Waals surface area contributed by atoms with Crippen LogP contribution in [0.1, 0.15) is 0 Å². The third kappa shape index (κ3) is 1.29. The number of aliphatic imine (C=N–C) groups is 2. The molecule has 0 radical (unpaired) electrons. The summed E-state index contributed by atoms with van der Waals surface area (Å²) in [4.78, 5) is 8.39. The fourth-order valence-corrected chi connectivity index (χ4v) is 1.64. The van der Waals surface area contributed by atoms with Gasteiger partial charge in [-0.1, -0.05) is 0 Å². The van der Waals surface area contributed by atoms with Crippen LogP contribution in [-0.2, 0) is 0 Å². The minimum Gasteiger partial charge on any atom is -0.464 e. The molecule has 0 N–H and O–H groups in total. The fourth-order valence-electron chi connectivity index (χ4n) is 1.64. The quantitative estimate of drug-likeness (QED) is 0.607. The second kappa shape index (κ2) is 3.20. The lowest BCUT2D eigenvalue weighted by atomic mass is 10.2. The molecule has 3 rings (SSSR count). The number of allylic oxidation sites excluding steroid dienone is 1. The Kier molecular flexibility index (Phi) is 1.75. The van der Waals surface area contributed by atoms with Crippen LogP contribution in [0.3, 0.4) is 0 Å². The van der Waals surface area contributed by atoms with Gasteiger partial charge in [0.1, 0.15) is 5.75 Å². The van der Waals surface area contributed by atoms with Gasteiger partial charge in [0, 0.05) is 29.1 Å². The SMILES string of the molecule is C1=COc2ccc3c(c2=CN=C1)=CC=N3. The van der Waals surface area contributed by atoms with Crippen molar-refractivity contribution in [3.63, 3.8) is 0 Å². The van der Waals surface area contributed by atoms with E-state index in [0.29, 0.717) is 0 Å². The first-order valence-electron chi connectivity index (χ1n) is 4.68. The number of benzene rings is 1. The average Bonchev–Trinajstić information content (AvgIpc) is 2.65. The minimum atomic E-state index is 0.809. The summed E-state index contributed by atoms with van der Waals surface area (Å²) in [5, 5.41) is 2.05. The molecule has 0 atom stereocenters. The average molecular weight is 196 g/mol. The van der Waals surface area contributed by atoms with E-state index in [-0.39, 0.29) is 0 Å². The van der Waals surface area contributed by atoms with Gasteiger partial charge in [-0.25, -0.2) is 0 Å². The maximum Gasteiger partial charge on any atom is 0.136 e. The first-order valence-corrected chi connectivity index (χ1v) is 4.68. The van der Waals surface area contributed by atoms with Crippen molar-refractivity contribution >= 4 is 30.4 Å². The Morgan fingerprint density at radius 2 is 2.07 bits per heavy atom. The Labute approximate surface area is 86.4 Å². The monoisotopic (exact) mass is 196 g/mol. The summed E-state index contributed by atoms with van der Waals surface area (Å²) in [6.07, 6.45) is 10.6. The highest BCUT2D eigenvalue weighted by molar-refractivity contribution is 5.97. The molecule has 1 aromatic rings. The zero-order chi connectivity index (χ0) is 10.1. The van der Waals surface area contributed by atoms with Crippen LogP contribution in [0, 0.1) is 0 Å². The van der Waals surface area contributed by atoms with Gasteiger partial charge in [0.25, 0.3) is 0 Å². The smallest absolute Gasteiger partial charge is 0.136 e. The van der Waals surface area contributed by atoms with E-state index in [4.69, 9.17) is 4.74 Å². The highest BCUT2D eigenvalue weighted by Crippen LogP contribution is 2.11. The van der Waals surface area contributed by atoms with Gasteiger partial charge in [-0.3, -0.25) is 9.98 Å². The summed E-state index contributed by atoms with van der Waals surface area (Å²) in [6, 6.07) is 3.85. The number of ether oxygens (including phenoxy) is 1. The topological polar surface area (TPSA) is 34.0 Å². The van der Waals surface area contributed by atoms with Crippen LogP contribution < -0.4 is 15.2 Å². The zero-order valence-electron chi connectivity index (χ0n) is 7.92. The molecular formula is C12H8N2O. The normalized spacial score (nSPS) is 15.5. The van der Waals surface area contributed by atoms with Crippen LogP contribution in [0.25, 0.3) is 12.3 Å². The predicted molar refractivity (Wildman–Crippen MR) is 61.0 cm³/mol. The van der Waals surface area contributed by atoms with Crippen LogP contribution in [0.4, 0.5) is 5.69 Å². The lowest BCUT2D eigenvalue weighted by Gasteiger charge is -2.03. The third-order valence-electron chi connectivity index (χ3n) is 2.33. The van der Waals surface area contributed by atoms with Crippen molar-refractivity contribution in [2.75, 3.05) is 0 Å². The summed E-state index contributed by atoms with van der Waals surface area (Å²) in [5.41, 5.74) is 0.966. The van der Waals surface area contributed by atoms with Gasteiger partial charge >= 0.3 is 0 Å². The molecule has 0 aliphatic carbocycles. The Balaban J connectivity index is 2.38. The number of nitrogens with zero attached hydrogens (tertiary/aromatic N) is 2. The van der Waals surface area contributed by atoms with Gasteiger partial charge in [0.05, 0.1) is 11.9 Å². The van der Waals surface area contributed by atoms with Crippen LogP contribution in [0.5, 0.6) is 5.75 Å². The minimum absolute atomic E-state index is 0.809. The van der Waals surface area contributed by atoms with Crippen LogP contribution in [-0.4, -0.2) is 12.4 Å². The van der Waals surface area contributed by atoms with Crippen LogP contribution >= 0.6 is 0 Å². The van der Waals surface area contributed by atoms with E-state index in [1.807, 2.05) is 18.2 Å². The standard InChI is InChI=1S/C12H8N2O/c1-5-13-8-10-9-4-6-14-11(9)2-3-12(10)15-7-1/h1-8H. The molecule has 2 aliphatic heterocycles. The molecule has 0 amide bonds. The Hall–Kier alpha value is -2.16. The molecule has 2 heterocycles. The van der Waals surface area contributed by atoms with Crippen molar-refractivity contribution in [1.82, 2.24) is 0 Å². The maximum atomic E-state index is 5.48. The van der Waals surface area contributed by atoms with Crippen molar-refractivity contribution < 1.29 is 4.74 Å². The summed E-state index contributed by atoms with van der Waals surface area (Å²) < 4.78 is 5.48. The fraction of sp³-hybridized carbons (Fsp3) is 0. The highest BCUT2D eigenvalue weighted by Gasteiger charge is 2.04. The van der Waals surface area contributed by atoms with Crippen LogP contribution in [0.15, 0.2) is 34.5 Å². The van der Waals surface area contributed by atoms with E-state index >= 15 is 0 Å². The predicted octanol–water partition coefficient (Wildman–Crippen LogP) is 0.898. The van der Waals surface area contributed by atoms with Gasteiger partial charge in [-0.05, 0) is 24.3 Å². The van der Waals surface area contributed by atoms with Crippen molar-refractivity contribution in [2.24, 2.45) is 9.98 Å². The van der Waals surface area contributed by atoms with E-state index in [1.54, 1.807) is 31.0 Å². The van der Waals surface area contributed by atoms with E-state index < -0.39 is 0 Å². The van der Waals surface area contributed by atoms with Crippen LogP contribution in [0.2, 0.25) is 0 Å². The number of hydrogen-bond acceptors (Lipinski definition) is 3. The molecule has 3 nitrogen and oxygen atoms in total. The summed E-state index contributed by atoms with van der Waals surface area (Å²) in [7, 11) is 0. The van der Waals surface area contributed by atoms with Crippen molar-refractivity contribution in [3.8, 4) is 5.75 Å². The van der Waals surface area contributed by atoms with Gasteiger partial charge in [-0.15, -0.1) is 0 Å². The summed E-state index contributed by atoms with van der Waals surface area (Å²) in [6.45, 7) is 0. The molecule has 0 saturated carbocycles. The van der Waals surface area contributed by atoms with Crippen molar-refractivity contribution in [2.45, 2.75) is 0 Å². The van der Waals surface area contributed by atoms with E-state index in [1.165, 1.54) is 0 Å². The molecule has 0 saturated heterocycles. The van der Waals surface area contributed by atoms with E-state index in [2.05, 4.69) is 9.98 Å². The first kappa shape index (κ1) is 8.17. The van der Waals surface area contributed by atoms with Gasteiger partial charge in [0.15, 0.2) is 0 Å².